The molecule has 0 bridgehead atoms. The van der Waals surface area contributed by atoms with E-state index in [-0.39, 0.29) is 5.91 Å². The Hall–Kier alpha value is -3.28. The Morgan fingerprint density at radius 1 is 1.10 bits per heavy atom. The van der Waals surface area contributed by atoms with Gasteiger partial charge in [0, 0.05) is 33.9 Å². The van der Waals surface area contributed by atoms with Crippen molar-refractivity contribution >= 4 is 28.4 Å². The largest absolute Gasteiger partial charge is 0.497 e. The van der Waals surface area contributed by atoms with Gasteiger partial charge in [-0.1, -0.05) is 25.3 Å². The minimum Gasteiger partial charge on any atom is -0.497 e. The van der Waals surface area contributed by atoms with Crippen LogP contribution in [0.2, 0.25) is 0 Å². The van der Waals surface area contributed by atoms with Crippen LogP contribution in [0.1, 0.15) is 64.6 Å². The van der Waals surface area contributed by atoms with Gasteiger partial charge in [-0.2, -0.15) is 0 Å². The maximum Gasteiger partial charge on any atom is 0.258 e. The van der Waals surface area contributed by atoms with Gasteiger partial charge in [-0.15, -0.1) is 0 Å². The molecule has 3 N–H and O–H groups in total. The van der Waals surface area contributed by atoms with Crippen molar-refractivity contribution in [1.82, 2.24) is 4.57 Å². The number of anilines is 1. The van der Waals surface area contributed by atoms with Crippen LogP contribution in [0.15, 0.2) is 42.5 Å². The predicted octanol–water partition coefficient (Wildman–Crippen LogP) is 4.81. The Balaban J connectivity index is 1.78. The molecular weight excluding hydrogens is 378 g/mol. The zero-order valence-corrected chi connectivity index (χ0v) is 17.4. The third-order valence-electron chi connectivity index (χ3n) is 6.03. The normalized spacial score (nSPS) is 14.6. The third kappa shape index (κ3) is 3.65. The van der Waals surface area contributed by atoms with E-state index < -0.39 is 5.91 Å². The summed E-state index contributed by atoms with van der Waals surface area (Å²) in [4.78, 5) is 24.8. The third-order valence-corrected chi connectivity index (χ3v) is 6.03. The van der Waals surface area contributed by atoms with Gasteiger partial charge in [0.15, 0.2) is 0 Å². The van der Waals surface area contributed by atoms with Crippen LogP contribution in [-0.2, 0) is 0 Å². The second kappa shape index (κ2) is 8.22. The van der Waals surface area contributed by atoms with Gasteiger partial charge >= 0.3 is 0 Å². The van der Waals surface area contributed by atoms with Crippen LogP contribution in [0, 0.1) is 6.92 Å². The van der Waals surface area contributed by atoms with Crippen molar-refractivity contribution in [2.45, 2.75) is 45.1 Å². The number of hydrogen-bond acceptors (Lipinski definition) is 3. The van der Waals surface area contributed by atoms with E-state index in [9.17, 15) is 9.59 Å². The van der Waals surface area contributed by atoms with Crippen molar-refractivity contribution in [3.05, 3.63) is 59.3 Å². The molecule has 4 rings (SSSR count). The first-order valence-corrected chi connectivity index (χ1v) is 10.4. The van der Waals surface area contributed by atoms with Gasteiger partial charge in [-0.05, 0) is 56.2 Å². The molecular formula is C24H27N3O3. The molecule has 1 heterocycles. The minimum atomic E-state index is -0.527. The van der Waals surface area contributed by atoms with Gasteiger partial charge in [0.2, 0.25) is 5.91 Å². The van der Waals surface area contributed by atoms with E-state index in [1.165, 1.54) is 19.3 Å². The number of nitrogens with two attached hydrogens (primary N) is 1. The van der Waals surface area contributed by atoms with E-state index in [1.54, 1.807) is 31.4 Å². The molecule has 1 aliphatic carbocycles. The lowest BCUT2D eigenvalue weighted by atomic mass is 9.95. The highest BCUT2D eigenvalue weighted by atomic mass is 16.5. The molecule has 1 aromatic heterocycles. The van der Waals surface area contributed by atoms with E-state index in [0.29, 0.717) is 28.6 Å². The molecule has 0 aliphatic heterocycles. The highest BCUT2D eigenvalue weighted by molar-refractivity contribution is 6.14. The quantitative estimate of drug-likeness (QED) is 0.638. The zero-order valence-electron chi connectivity index (χ0n) is 17.4. The van der Waals surface area contributed by atoms with E-state index in [4.69, 9.17) is 10.5 Å². The van der Waals surface area contributed by atoms with Gasteiger partial charge in [0.25, 0.3) is 5.91 Å². The van der Waals surface area contributed by atoms with Gasteiger partial charge in [0.05, 0.1) is 12.7 Å². The molecule has 3 aromatic rings. The van der Waals surface area contributed by atoms with E-state index in [0.717, 1.165) is 29.4 Å². The van der Waals surface area contributed by atoms with Crippen molar-refractivity contribution in [3.8, 4) is 5.75 Å². The number of methoxy groups -OCH3 is 1. The first-order chi connectivity index (χ1) is 14.5. The van der Waals surface area contributed by atoms with Crippen molar-refractivity contribution < 1.29 is 14.3 Å². The Morgan fingerprint density at radius 2 is 1.87 bits per heavy atom. The lowest BCUT2D eigenvalue weighted by Crippen LogP contribution is -2.17. The van der Waals surface area contributed by atoms with Crippen molar-refractivity contribution in [3.63, 3.8) is 0 Å². The fourth-order valence-electron chi connectivity index (χ4n) is 4.59. The molecule has 1 saturated carbocycles. The summed E-state index contributed by atoms with van der Waals surface area (Å²) in [6, 6.07) is 13.0. The van der Waals surface area contributed by atoms with Crippen molar-refractivity contribution in [2.24, 2.45) is 5.73 Å². The predicted molar refractivity (Wildman–Crippen MR) is 118 cm³/mol. The van der Waals surface area contributed by atoms with Gasteiger partial charge < -0.3 is 20.4 Å². The molecule has 2 aromatic carbocycles. The van der Waals surface area contributed by atoms with Crippen molar-refractivity contribution in [2.75, 3.05) is 12.4 Å². The summed E-state index contributed by atoms with van der Waals surface area (Å²) in [6.07, 6.45) is 5.94. The summed E-state index contributed by atoms with van der Waals surface area (Å²) in [7, 11) is 1.63. The van der Waals surface area contributed by atoms with Crippen LogP contribution in [0.25, 0.3) is 10.9 Å². The van der Waals surface area contributed by atoms with Gasteiger partial charge in [0.1, 0.15) is 5.75 Å². The highest BCUT2D eigenvalue weighted by Crippen LogP contribution is 2.37. The summed E-state index contributed by atoms with van der Waals surface area (Å²) < 4.78 is 7.74. The number of primary amides is 1. The lowest BCUT2D eigenvalue weighted by molar-refractivity contribution is 0.0996. The second-order valence-electron chi connectivity index (χ2n) is 7.90. The Labute approximate surface area is 176 Å². The summed E-state index contributed by atoms with van der Waals surface area (Å²) in [5.74, 6) is -0.0177. The smallest absolute Gasteiger partial charge is 0.258 e. The topological polar surface area (TPSA) is 86.3 Å². The number of benzene rings is 2. The molecule has 30 heavy (non-hydrogen) atoms. The van der Waals surface area contributed by atoms with Crippen molar-refractivity contribution in [1.29, 1.82) is 0 Å². The van der Waals surface area contributed by atoms with Crippen LogP contribution in [-0.4, -0.2) is 23.5 Å². The molecule has 0 atom stereocenters. The number of hydrogen-bond donors (Lipinski definition) is 2. The van der Waals surface area contributed by atoms with Crippen LogP contribution < -0.4 is 15.8 Å². The molecule has 0 radical (unpaired) electrons. The zero-order chi connectivity index (χ0) is 21.3. The van der Waals surface area contributed by atoms with Crippen LogP contribution in [0.4, 0.5) is 5.69 Å². The maximum absolute atomic E-state index is 13.3. The number of ether oxygens (including phenoxy) is 1. The average Bonchev–Trinajstić information content (AvgIpc) is 3.05. The lowest BCUT2D eigenvalue weighted by Gasteiger charge is -2.26. The van der Waals surface area contributed by atoms with Crippen LogP contribution in [0.3, 0.4) is 0 Å². The van der Waals surface area contributed by atoms with Crippen LogP contribution in [0.5, 0.6) is 5.75 Å². The molecule has 1 fully saturated rings. The number of carbonyl (C=O) groups is 2. The summed E-state index contributed by atoms with van der Waals surface area (Å²) in [5.41, 5.74) is 8.91. The molecule has 1 aliphatic rings. The first kappa shape index (κ1) is 20.0. The molecule has 6 heteroatoms. The maximum atomic E-state index is 13.3. The number of nitrogens with one attached hydrogen (secondary N) is 1. The Kier molecular flexibility index (Phi) is 5.48. The summed E-state index contributed by atoms with van der Waals surface area (Å²) in [5, 5.41) is 3.82. The Bertz CT molecular complexity index is 1110. The van der Waals surface area contributed by atoms with Gasteiger partial charge in [-0.3, -0.25) is 9.59 Å². The number of fused-ring (bicyclic) bond motifs is 1. The van der Waals surface area contributed by atoms with Crippen LogP contribution >= 0.6 is 0 Å². The summed E-state index contributed by atoms with van der Waals surface area (Å²) in [6.45, 7) is 2.01. The molecule has 6 nitrogen and oxygen atoms in total. The fraction of sp³-hybridized carbons (Fsp3) is 0.333. The molecule has 0 saturated heterocycles. The number of nitrogens with zero attached hydrogens (tertiary/aromatic N) is 1. The fourth-order valence-corrected chi connectivity index (χ4v) is 4.59. The molecule has 2 amide bonds. The number of amides is 2. The van der Waals surface area contributed by atoms with E-state index >= 15 is 0 Å². The Morgan fingerprint density at radius 3 is 2.57 bits per heavy atom. The average molecular weight is 405 g/mol. The second-order valence-corrected chi connectivity index (χ2v) is 7.90. The number of rotatable bonds is 5. The van der Waals surface area contributed by atoms with Gasteiger partial charge in [-0.25, -0.2) is 0 Å². The number of aromatic nitrogens is 1. The SMILES string of the molecule is COc1ccc2c(c1)c(C(=O)Nc1cccc(C(N)=O)c1)c(C)n2C1CCCCC1. The standard InChI is InChI=1S/C24H27N3O3/c1-15-22(24(29)26-17-8-6-7-16(13-17)23(25)28)20-14-19(30-2)11-12-21(20)27(15)18-9-4-3-5-10-18/h6-8,11-14,18H,3-5,9-10H2,1-2H3,(H2,25,28)(H,26,29). The molecule has 0 spiro atoms. The summed E-state index contributed by atoms with van der Waals surface area (Å²) >= 11 is 0. The minimum absolute atomic E-state index is 0.207. The number of carbonyl (C=O) groups excluding carboxylic acids is 2. The highest BCUT2D eigenvalue weighted by Gasteiger charge is 2.25. The molecule has 0 unspecified atom stereocenters. The van der Waals surface area contributed by atoms with E-state index in [2.05, 4.69) is 9.88 Å². The monoisotopic (exact) mass is 405 g/mol. The first-order valence-electron chi connectivity index (χ1n) is 10.4. The molecule has 156 valence electrons. The van der Waals surface area contributed by atoms with E-state index in [1.807, 2.05) is 25.1 Å².